The predicted octanol–water partition coefficient (Wildman–Crippen LogP) is 4.13. The number of carbonyl (C=O) groups is 3. The quantitative estimate of drug-likeness (QED) is 0.521. The van der Waals surface area contributed by atoms with Crippen molar-refractivity contribution in [3.8, 4) is 0 Å². The molecule has 0 unspecified atom stereocenters. The summed E-state index contributed by atoms with van der Waals surface area (Å²) in [5, 5.41) is 10.9. The van der Waals surface area contributed by atoms with E-state index >= 15 is 0 Å². The van der Waals surface area contributed by atoms with E-state index in [1.165, 1.54) is 0 Å². The lowest BCUT2D eigenvalue weighted by Gasteiger charge is -2.20. The monoisotopic (exact) mass is 460 g/mol. The summed E-state index contributed by atoms with van der Waals surface area (Å²) in [6.07, 6.45) is 0.125. The zero-order chi connectivity index (χ0) is 21.4. The van der Waals surface area contributed by atoms with Crippen LogP contribution in [0.25, 0.3) is 0 Å². The fourth-order valence-corrected chi connectivity index (χ4v) is 2.60. The second kappa shape index (κ2) is 10.1. The molecule has 2 rings (SSSR count). The summed E-state index contributed by atoms with van der Waals surface area (Å²) in [4.78, 5) is 36.0. The molecule has 0 fully saturated rings. The Kier molecular flexibility index (Phi) is 7.78. The van der Waals surface area contributed by atoms with Gasteiger partial charge in [0.1, 0.15) is 0 Å². The van der Waals surface area contributed by atoms with Crippen molar-refractivity contribution in [3.63, 3.8) is 0 Å². The molecule has 2 aromatic rings. The van der Waals surface area contributed by atoms with E-state index in [9.17, 15) is 14.4 Å². The molecular formula is C21H25BrN4O3. The molecule has 0 spiro atoms. The number of amides is 4. The molecule has 29 heavy (non-hydrogen) atoms. The second-order valence-corrected chi connectivity index (χ2v) is 8.38. The van der Waals surface area contributed by atoms with Gasteiger partial charge in [0.2, 0.25) is 5.91 Å². The first-order chi connectivity index (χ1) is 13.6. The molecule has 7 nitrogen and oxygen atoms in total. The van der Waals surface area contributed by atoms with Crippen molar-refractivity contribution in [2.24, 2.45) is 0 Å². The minimum absolute atomic E-state index is 0.125. The molecule has 0 aliphatic carbocycles. The normalized spacial score (nSPS) is 10.8. The lowest BCUT2D eigenvalue weighted by molar-refractivity contribution is -0.116. The van der Waals surface area contributed by atoms with E-state index in [0.29, 0.717) is 16.9 Å². The summed E-state index contributed by atoms with van der Waals surface area (Å²) in [5.74, 6) is -0.405. The van der Waals surface area contributed by atoms with Crippen LogP contribution in [0.1, 0.15) is 37.6 Å². The van der Waals surface area contributed by atoms with Gasteiger partial charge in [-0.15, -0.1) is 0 Å². The van der Waals surface area contributed by atoms with Crippen molar-refractivity contribution in [2.45, 2.75) is 32.7 Å². The number of hydrogen-bond donors (Lipinski definition) is 4. The molecule has 0 aromatic heterocycles. The van der Waals surface area contributed by atoms with Crippen LogP contribution in [0.3, 0.4) is 0 Å². The maximum Gasteiger partial charge on any atom is 0.319 e. The zero-order valence-corrected chi connectivity index (χ0v) is 18.2. The van der Waals surface area contributed by atoms with Crippen molar-refractivity contribution >= 4 is 45.2 Å². The maximum absolute atomic E-state index is 12.1. The third-order valence-electron chi connectivity index (χ3n) is 3.66. The first kappa shape index (κ1) is 22.4. The molecule has 8 heteroatoms. The van der Waals surface area contributed by atoms with Crippen LogP contribution in [0.5, 0.6) is 0 Å². The van der Waals surface area contributed by atoms with E-state index in [4.69, 9.17) is 0 Å². The third-order valence-corrected chi connectivity index (χ3v) is 4.19. The summed E-state index contributed by atoms with van der Waals surface area (Å²) >= 11 is 3.33. The maximum atomic E-state index is 12.1. The number of hydrogen-bond acceptors (Lipinski definition) is 3. The Morgan fingerprint density at radius 1 is 0.862 bits per heavy atom. The lowest BCUT2D eigenvalue weighted by Crippen LogP contribution is -2.40. The van der Waals surface area contributed by atoms with Gasteiger partial charge in [0.25, 0.3) is 5.91 Å². The largest absolute Gasteiger partial charge is 0.347 e. The van der Waals surface area contributed by atoms with Crippen LogP contribution in [-0.4, -0.2) is 29.9 Å². The van der Waals surface area contributed by atoms with E-state index in [-0.39, 0.29) is 36.3 Å². The topological polar surface area (TPSA) is 99.3 Å². The number of rotatable bonds is 6. The molecule has 0 heterocycles. The summed E-state index contributed by atoms with van der Waals surface area (Å²) in [6.45, 7) is 5.92. The minimum atomic E-state index is -0.380. The Labute approximate surface area is 178 Å². The van der Waals surface area contributed by atoms with Crippen molar-refractivity contribution in [2.75, 3.05) is 17.2 Å². The summed E-state index contributed by atoms with van der Waals surface area (Å²) in [6, 6.07) is 13.4. The van der Waals surface area contributed by atoms with E-state index in [1.54, 1.807) is 36.4 Å². The molecule has 0 atom stereocenters. The van der Waals surface area contributed by atoms with E-state index in [0.717, 1.165) is 4.47 Å². The van der Waals surface area contributed by atoms with Gasteiger partial charge in [0.15, 0.2) is 0 Å². The van der Waals surface area contributed by atoms with Gasteiger partial charge in [0.05, 0.1) is 0 Å². The van der Waals surface area contributed by atoms with Crippen LogP contribution in [0.4, 0.5) is 16.2 Å². The average Bonchev–Trinajstić information content (AvgIpc) is 2.63. The van der Waals surface area contributed by atoms with Gasteiger partial charge in [-0.25, -0.2) is 4.79 Å². The molecule has 0 saturated carbocycles. The molecule has 4 N–H and O–H groups in total. The number of anilines is 2. The zero-order valence-electron chi connectivity index (χ0n) is 16.6. The first-order valence-corrected chi connectivity index (χ1v) is 9.94. The van der Waals surface area contributed by atoms with Crippen LogP contribution >= 0.6 is 15.9 Å². The molecule has 154 valence electrons. The van der Waals surface area contributed by atoms with Gasteiger partial charge < -0.3 is 21.3 Å². The number of nitrogens with one attached hydrogen (secondary N) is 4. The number of halogens is 1. The van der Waals surface area contributed by atoms with Crippen LogP contribution < -0.4 is 21.3 Å². The first-order valence-electron chi connectivity index (χ1n) is 9.15. The van der Waals surface area contributed by atoms with Gasteiger partial charge >= 0.3 is 6.03 Å². The Hall–Kier alpha value is -2.87. The average molecular weight is 461 g/mol. The summed E-state index contributed by atoms with van der Waals surface area (Å²) < 4.78 is 0.919. The highest BCUT2D eigenvalue weighted by atomic mass is 79.9. The van der Waals surface area contributed by atoms with Crippen molar-refractivity contribution in [3.05, 3.63) is 58.6 Å². The van der Waals surface area contributed by atoms with Crippen molar-refractivity contribution in [1.82, 2.24) is 10.6 Å². The van der Waals surface area contributed by atoms with E-state index in [2.05, 4.69) is 37.2 Å². The highest BCUT2D eigenvalue weighted by molar-refractivity contribution is 9.10. The SMILES string of the molecule is CC(C)(C)NC(=O)c1ccc(NC(=O)CCNC(=O)Nc2ccc(Br)cc2)cc1. The Morgan fingerprint density at radius 2 is 1.41 bits per heavy atom. The van der Waals surface area contributed by atoms with Gasteiger partial charge in [-0.3, -0.25) is 9.59 Å². The standard InChI is InChI=1S/C21H25BrN4O3/c1-21(2,3)26-19(28)14-4-8-16(9-5-14)24-18(27)12-13-23-20(29)25-17-10-6-15(22)7-11-17/h4-11H,12-13H2,1-3H3,(H,24,27)(H,26,28)(H2,23,25,29). The molecule has 2 aromatic carbocycles. The Morgan fingerprint density at radius 3 is 2.00 bits per heavy atom. The number of benzene rings is 2. The molecule has 0 radical (unpaired) electrons. The Bertz CT molecular complexity index is 859. The molecule has 4 amide bonds. The highest BCUT2D eigenvalue weighted by Gasteiger charge is 2.15. The summed E-state index contributed by atoms with van der Waals surface area (Å²) in [7, 11) is 0. The number of carbonyl (C=O) groups excluding carboxylic acids is 3. The third kappa shape index (κ3) is 8.35. The van der Waals surface area contributed by atoms with Crippen LogP contribution in [-0.2, 0) is 4.79 Å². The minimum Gasteiger partial charge on any atom is -0.347 e. The predicted molar refractivity (Wildman–Crippen MR) is 118 cm³/mol. The molecular weight excluding hydrogens is 436 g/mol. The Balaban J connectivity index is 1.74. The van der Waals surface area contributed by atoms with Crippen LogP contribution in [0.2, 0.25) is 0 Å². The van der Waals surface area contributed by atoms with Crippen molar-refractivity contribution in [1.29, 1.82) is 0 Å². The van der Waals surface area contributed by atoms with Gasteiger partial charge in [-0.1, -0.05) is 15.9 Å². The van der Waals surface area contributed by atoms with Crippen molar-refractivity contribution < 1.29 is 14.4 Å². The second-order valence-electron chi connectivity index (χ2n) is 7.47. The smallest absolute Gasteiger partial charge is 0.319 e. The van der Waals surface area contributed by atoms with Crippen LogP contribution in [0, 0.1) is 0 Å². The number of urea groups is 1. The van der Waals surface area contributed by atoms with Gasteiger partial charge in [-0.05, 0) is 69.3 Å². The molecule has 0 aliphatic heterocycles. The van der Waals surface area contributed by atoms with E-state index < -0.39 is 0 Å². The molecule has 0 aliphatic rings. The summed E-state index contributed by atoms with van der Waals surface area (Å²) in [5.41, 5.74) is 1.44. The lowest BCUT2D eigenvalue weighted by atomic mass is 10.1. The fourth-order valence-electron chi connectivity index (χ4n) is 2.34. The van der Waals surface area contributed by atoms with E-state index in [1.807, 2.05) is 32.9 Å². The van der Waals surface area contributed by atoms with Gasteiger partial charge in [0, 0.05) is 39.9 Å². The van der Waals surface area contributed by atoms with Crippen LogP contribution in [0.15, 0.2) is 53.0 Å². The molecule has 0 bridgehead atoms. The van der Waals surface area contributed by atoms with Gasteiger partial charge in [-0.2, -0.15) is 0 Å². The highest BCUT2D eigenvalue weighted by Crippen LogP contribution is 2.14. The molecule has 0 saturated heterocycles. The fraction of sp³-hybridized carbons (Fsp3) is 0.286.